The second kappa shape index (κ2) is 30.0. The highest BCUT2D eigenvalue weighted by Gasteiger charge is 2.38. The third-order valence-corrected chi connectivity index (χ3v) is 13.0. The van der Waals surface area contributed by atoms with Gasteiger partial charge < -0.3 is 68.3 Å². The maximum Gasteiger partial charge on any atom is 0.327 e. The van der Waals surface area contributed by atoms with Gasteiger partial charge in [0.05, 0.1) is 30.1 Å². The molecule has 0 saturated carbocycles. The first-order valence-electron chi connectivity index (χ1n) is 24.5. The van der Waals surface area contributed by atoms with E-state index in [1.807, 2.05) is 43.3 Å². The molecule has 23 nitrogen and oxygen atoms in total. The second-order valence-corrected chi connectivity index (χ2v) is 18.7. The molecule has 1 aliphatic carbocycles. The highest BCUT2D eigenvalue weighted by Crippen LogP contribution is 2.23. The number of amides is 7. The number of aliphatic hydroxyl groups excluding tert-OH is 1. The molecule has 12 atom stereocenters. The topological polar surface area (TPSA) is 363 Å². The van der Waals surface area contributed by atoms with Gasteiger partial charge in [0.25, 0.3) is 5.91 Å². The van der Waals surface area contributed by atoms with Crippen molar-refractivity contribution in [2.75, 3.05) is 20.7 Å². The number of carboxylic acid groups (broad SMARTS) is 2. The van der Waals surface area contributed by atoms with Gasteiger partial charge in [0.2, 0.25) is 35.4 Å². The van der Waals surface area contributed by atoms with Crippen LogP contribution < -0.4 is 43.4 Å². The zero-order valence-electron chi connectivity index (χ0n) is 42.8. The lowest BCUT2D eigenvalue weighted by Crippen LogP contribution is -2.59. The second-order valence-electron chi connectivity index (χ2n) is 18.7. The number of carbonyl (C=O) groups is 9. The number of aliphatic imine (C=N–C) groups is 1. The fraction of sp³-hybridized carbons (Fsp3) is 0.529. The van der Waals surface area contributed by atoms with E-state index in [4.69, 9.17) is 16.2 Å². The molecule has 1 fully saturated rings. The van der Waals surface area contributed by atoms with E-state index in [0.29, 0.717) is 19.3 Å². The summed E-state index contributed by atoms with van der Waals surface area (Å²) >= 11 is 0. The Kier molecular flexibility index (Phi) is 24.7. The summed E-state index contributed by atoms with van der Waals surface area (Å²) in [6.45, 7) is 9.51. The van der Waals surface area contributed by atoms with Crippen LogP contribution in [0, 0.1) is 23.7 Å². The van der Waals surface area contributed by atoms with Crippen LogP contribution in [-0.2, 0) is 54.3 Å². The molecule has 0 unspecified atom stereocenters. The number of likely N-dealkylation sites (N-methyl/N-ethyl adjacent to an activating group) is 1. The Morgan fingerprint density at radius 3 is 2.08 bits per heavy atom. The number of nitrogens with zero attached hydrogens (tertiary/aromatic N) is 2. The molecule has 1 aromatic carbocycles. The van der Waals surface area contributed by atoms with E-state index in [2.05, 4.69) is 43.5 Å². The number of aliphatic carboxylic acids is 2. The molecule has 1 aliphatic heterocycles. The van der Waals surface area contributed by atoms with Gasteiger partial charge in [0, 0.05) is 33.0 Å². The minimum absolute atomic E-state index is 0.0107. The van der Waals surface area contributed by atoms with E-state index in [1.165, 1.54) is 40.0 Å². The average Bonchev–Trinajstić information content (AvgIpc) is 3.36. The van der Waals surface area contributed by atoms with Crippen LogP contribution in [0.5, 0.6) is 0 Å². The summed E-state index contributed by atoms with van der Waals surface area (Å²) in [4.78, 5) is 127. The maximum atomic E-state index is 14.4. The molecule has 23 heteroatoms. The van der Waals surface area contributed by atoms with Gasteiger partial charge in [-0.1, -0.05) is 94.1 Å². The van der Waals surface area contributed by atoms with Crippen LogP contribution in [0.15, 0.2) is 84.1 Å². The minimum Gasteiger partial charge on any atom is -0.480 e. The van der Waals surface area contributed by atoms with Crippen molar-refractivity contribution in [2.24, 2.45) is 40.1 Å². The van der Waals surface area contributed by atoms with Crippen molar-refractivity contribution < 1.29 is 63.2 Å². The lowest BCUT2D eigenvalue weighted by Gasteiger charge is -2.29. The number of aliphatic hydroxyl groups is 1. The summed E-state index contributed by atoms with van der Waals surface area (Å²) in [5.41, 5.74) is 11.7. The van der Waals surface area contributed by atoms with Crippen molar-refractivity contribution in [1.29, 1.82) is 0 Å². The summed E-state index contributed by atoms with van der Waals surface area (Å²) in [7, 11) is 2.80. The Bertz CT molecular complexity index is 2280. The predicted molar refractivity (Wildman–Crippen MR) is 273 cm³/mol. The van der Waals surface area contributed by atoms with Gasteiger partial charge in [-0.15, -0.1) is 0 Å². The molecule has 0 bridgehead atoms. The zero-order valence-corrected chi connectivity index (χ0v) is 42.8. The molecule has 7 amide bonds. The highest BCUT2D eigenvalue weighted by molar-refractivity contribution is 6.00. The van der Waals surface area contributed by atoms with Gasteiger partial charge in [-0.05, 0) is 63.4 Å². The first kappa shape index (κ1) is 60.9. The number of nitrogens with one attached hydrogen (secondary N) is 6. The Balaban J connectivity index is 2.10. The van der Waals surface area contributed by atoms with E-state index in [-0.39, 0.29) is 49.7 Å². The van der Waals surface area contributed by atoms with Gasteiger partial charge >= 0.3 is 11.9 Å². The fourth-order valence-corrected chi connectivity index (χ4v) is 8.06. The Labute approximate surface area is 431 Å². The first-order chi connectivity index (χ1) is 34.9. The van der Waals surface area contributed by atoms with Crippen molar-refractivity contribution in [2.45, 2.75) is 128 Å². The number of carboxylic acids is 2. The lowest BCUT2D eigenvalue weighted by molar-refractivity contribution is -0.146. The van der Waals surface area contributed by atoms with Crippen molar-refractivity contribution in [3.05, 3.63) is 84.6 Å². The number of hydrogen-bond acceptors (Lipinski definition) is 12. The van der Waals surface area contributed by atoms with Gasteiger partial charge in [0.15, 0.2) is 5.96 Å². The van der Waals surface area contributed by atoms with E-state index >= 15 is 0 Å². The molecule has 2 aliphatic rings. The number of guanidine groups is 1. The molecule has 1 aromatic rings. The number of carbonyl (C=O) groups excluding carboxylic acids is 7. The van der Waals surface area contributed by atoms with Crippen LogP contribution >= 0.6 is 0 Å². The van der Waals surface area contributed by atoms with Crippen molar-refractivity contribution in [3.63, 3.8) is 0 Å². The molecule has 406 valence electrons. The number of allylic oxidation sites excluding steroid dienone is 3. The Morgan fingerprint density at radius 1 is 0.824 bits per heavy atom. The number of rotatable bonds is 15. The molecular weight excluding hydrogens is 961 g/mol. The Hall–Kier alpha value is -7.40. The summed E-state index contributed by atoms with van der Waals surface area (Å²) in [5.74, 6) is -13.0. The van der Waals surface area contributed by atoms with Crippen LogP contribution in [0.1, 0.15) is 78.2 Å². The summed E-state index contributed by atoms with van der Waals surface area (Å²) in [6.07, 6.45) is 9.11. The monoisotopic (exact) mass is 1030 g/mol. The van der Waals surface area contributed by atoms with Gasteiger partial charge in [-0.3, -0.25) is 38.6 Å². The van der Waals surface area contributed by atoms with E-state index < -0.39 is 126 Å². The highest BCUT2D eigenvalue weighted by atomic mass is 16.5. The standard InChI is InChI=1S/C51H74N10O13/c1-28(40(74-7)27-33-15-9-8-10-16-33)14-11-12-17-36-29(2)43(64)58-38(49(70)71)23-24-41(63)61(6)32(5)46(67)55-31(4)45(66)59-39(26-34-19-21-35(62)22-20-34)48(69)60-42(50(72)73)30(3)44(65)57-37(47(68)56-36)18-13-25-54-51(52)53/h8-12,14-17,19,21,28-31,34-40,42,62H,5,13,18,20,22-27H2,1-4,6-7H3,(H,55,67)(H,56,68)(H,57,65)(H,58,64)(H,59,66)(H,60,69)(H,70,71)(H,72,73)(H4,52,53,54)/b14-11+,17-12+/t28-,29-,30-,31+,34-,35-,36-,37-,38+,39-,40-,42+/m0/s1. The number of nitrogens with two attached hydrogens (primary N) is 2. The largest absolute Gasteiger partial charge is 0.480 e. The fourth-order valence-electron chi connectivity index (χ4n) is 8.06. The first-order valence-corrected chi connectivity index (χ1v) is 24.5. The zero-order chi connectivity index (χ0) is 55.2. The van der Waals surface area contributed by atoms with Crippen molar-refractivity contribution >= 4 is 59.2 Å². The lowest BCUT2D eigenvalue weighted by atomic mass is 9.88. The minimum atomic E-state index is -1.93. The quantitative estimate of drug-likeness (QED) is 0.0273. The van der Waals surface area contributed by atoms with Crippen LogP contribution in [-0.4, -0.2) is 149 Å². The normalized spacial score (nSPS) is 27.6. The molecule has 1 heterocycles. The SMILES string of the molecule is C=C1C(=O)N[C@H](C)C(=O)N[C@@H](C[C@H]2C=C[C@H](O)CC2)C(=O)N[C@@H](C(=O)O)[C@H](C)C(=O)N[C@@H](CCCN=C(N)N)C(=O)N[C@@H](/C=C/C=C/[C@H](C)[C@H](Cc2ccccc2)OC)[C@H](C)C(=O)N[C@@H](C(=O)O)CCC(=O)N1C. The van der Waals surface area contributed by atoms with Gasteiger partial charge in [-0.2, -0.15) is 0 Å². The van der Waals surface area contributed by atoms with Crippen LogP contribution in [0.25, 0.3) is 0 Å². The Morgan fingerprint density at radius 2 is 1.47 bits per heavy atom. The number of benzene rings is 1. The summed E-state index contributed by atoms with van der Waals surface area (Å²) in [6, 6.07) is 0.717. The maximum absolute atomic E-state index is 14.4. The molecule has 13 N–H and O–H groups in total. The number of ether oxygens (including phenoxy) is 1. The molecule has 74 heavy (non-hydrogen) atoms. The average molecular weight is 1040 g/mol. The van der Waals surface area contributed by atoms with E-state index in [0.717, 1.165) is 10.5 Å². The van der Waals surface area contributed by atoms with Crippen LogP contribution in [0.2, 0.25) is 0 Å². The van der Waals surface area contributed by atoms with E-state index in [9.17, 15) is 58.5 Å². The van der Waals surface area contributed by atoms with Crippen LogP contribution in [0.3, 0.4) is 0 Å². The third kappa shape index (κ3) is 19.6. The third-order valence-electron chi connectivity index (χ3n) is 13.0. The molecule has 3 rings (SSSR count). The van der Waals surface area contributed by atoms with Gasteiger partial charge in [-0.25, -0.2) is 9.59 Å². The predicted octanol–water partition coefficient (Wildman–Crippen LogP) is -0.101. The summed E-state index contributed by atoms with van der Waals surface area (Å²) < 4.78 is 5.77. The molecule has 1 saturated heterocycles. The molecule has 0 aromatic heterocycles. The number of hydrogen-bond donors (Lipinski definition) is 11. The molecule has 0 spiro atoms. The number of methoxy groups -OCH3 is 1. The van der Waals surface area contributed by atoms with Crippen LogP contribution in [0.4, 0.5) is 0 Å². The van der Waals surface area contributed by atoms with E-state index in [1.54, 1.807) is 25.3 Å². The summed E-state index contributed by atoms with van der Waals surface area (Å²) in [5, 5.41) is 45.6. The van der Waals surface area contributed by atoms with Gasteiger partial charge in [0.1, 0.15) is 35.9 Å². The molecule has 0 radical (unpaired) electrons. The molecular formula is C51H74N10O13. The van der Waals surface area contributed by atoms with Crippen molar-refractivity contribution in [1.82, 2.24) is 36.8 Å². The smallest absolute Gasteiger partial charge is 0.327 e. The van der Waals surface area contributed by atoms with Crippen molar-refractivity contribution in [3.8, 4) is 0 Å².